The van der Waals surface area contributed by atoms with Gasteiger partial charge in [-0.3, -0.25) is 0 Å². The van der Waals surface area contributed by atoms with E-state index in [2.05, 4.69) is 19.6 Å². The minimum atomic E-state index is -0.388. The highest BCUT2D eigenvalue weighted by Crippen LogP contribution is 2.19. The van der Waals surface area contributed by atoms with Gasteiger partial charge in [0.2, 0.25) is 5.76 Å². The van der Waals surface area contributed by atoms with Gasteiger partial charge in [0.15, 0.2) is 0 Å². The molecule has 0 aliphatic rings. The van der Waals surface area contributed by atoms with Crippen LogP contribution in [0.4, 0.5) is 0 Å². The smallest absolute Gasteiger partial charge is 0.374 e. The molecule has 0 saturated heterocycles. The van der Waals surface area contributed by atoms with Crippen molar-refractivity contribution in [1.82, 2.24) is 0 Å². The Labute approximate surface area is 127 Å². The van der Waals surface area contributed by atoms with Gasteiger partial charge < -0.3 is 9.15 Å². The van der Waals surface area contributed by atoms with Crippen molar-refractivity contribution in [1.29, 1.82) is 0 Å². The second-order valence-corrected chi connectivity index (χ2v) is 5.48. The predicted molar refractivity (Wildman–Crippen MR) is 85.5 cm³/mol. The van der Waals surface area contributed by atoms with Gasteiger partial charge >= 0.3 is 5.97 Å². The number of esters is 1. The van der Waals surface area contributed by atoms with Crippen molar-refractivity contribution in [2.24, 2.45) is 0 Å². The van der Waals surface area contributed by atoms with E-state index in [1.807, 2.05) is 13.8 Å². The predicted octanol–water partition coefficient (Wildman–Crippen LogP) is 5.00. The third-order valence-electron chi connectivity index (χ3n) is 3.31. The SMILES string of the molecule is C=C(C)CC/C=C(\C)CCc1oc(C(=O)OCC)cc1C. The first-order valence-electron chi connectivity index (χ1n) is 7.50. The average Bonchev–Trinajstić information content (AvgIpc) is 2.78. The Morgan fingerprint density at radius 2 is 2.10 bits per heavy atom. The number of hydrogen-bond acceptors (Lipinski definition) is 3. The highest BCUT2D eigenvalue weighted by Gasteiger charge is 2.15. The van der Waals surface area contributed by atoms with Crippen LogP contribution in [0, 0.1) is 6.92 Å². The molecule has 1 aromatic rings. The molecule has 0 amide bonds. The van der Waals surface area contributed by atoms with Crippen LogP contribution < -0.4 is 0 Å². The van der Waals surface area contributed by atoms with E-state index in [9.17, 15) is 4.79 Å². The summed E-state index contributed by atoms with van der Waals surface area (Å²) < 4.78 is 10.6. The molecule has 1 heterocycles. The van der Waals surface area contributed by atoms with Gasteiger partial charge in [-0.05, 0) is 58.6 Å². The van der Waals surface area contributed by atoms with Gasteiger partial charge in [-0.15, -0.1) is 6.58 Å². The highest BCUT2D eigenvalue weighted by molar-refractivity contribution is 5.86. The molecule has 0 aliphatic carbocycles. The van der Waals surface area contributed by atoms with Crippen LogP contribution in [-0.4, -0.2) is 12.6 Å². The van der Waals surface area contributed by atoms with Gasteiger partial charge in [0, 0.05) is 6.42 Å². The standard InChI is InChI=1S/C18H26O3/c1-6-20-18(19)17-12-15(5)16(21-17)11-10-14(4)9-7-8-13(2)3/h9,12H,2,6-8,10-11H2,1,3-5H3/b14-9+. The molecule has 0 aromatic carbocycles. The molecule has 0 radical (unpaired) electrons. The maximum absolute atomic E-state index is 11.6. The maximum atomic E-state index is 11.6. The number of rotatable bonds is 8. The van der Waals surface area contributed by atoms with E-state index in [0.717, 1.165) is 37.0 Å². The molecule has 0 fully saturated rings. The van der Waals surface area contributed by atoms with E-state index in [-0.39, 0.29) is 5.97 Å². The topological polar surface area (TPSA) is 39.4 Å². The van der Waals surface area contributed by atoms with Crippen molar-refractivity contribution in [3.05, 3.63) is 47.0 Å². The van der Waals surface area contributed by atoms with Crippen LogP contribution in [0.5, 0.6) is 0 Å². The number of carbonyl (C=O) groups is 1. The lowest BCUT2D eigenvalue weighted by Gasteiger charge is -2.02. The Balaban J connectivity index is 2.55. The zero-order chi connectivity index (χ0) is 15.8. The quantitative estimate of drug-likeness (QED) is 0.499. The van der Waals surface area contributed by atoms with E-state index in [0.29, 0.717) is 12.4 Å². The summed E-state index contributed by atoms with van der Waals surface area (Å²) in [5.41, 5.74) is 3.55. The highest BCUT2D eigenvalue weighted by atomic mass is 16.5. The molecule has 0 aliphatic heterocycles. The molecule has 0 spiro atoms. The molecule has 0 unspecified atom stereocenters. The number of aryl methyl sites for hydroxylation is 2. The van der Waals surface area contributed by atoms with Crippen LogP contribution in [0.3, 0.4) is 0 Å². The zero-order valence-electron chi connectivity index (χ0n) is 13.6. The minimum absolute atomic E-state index is 0.299. The van der Waals surface area contributed by atoms with Crippen LogP contribution in [0.25, 0.3) is 0 Å². The molecular formula is C18H26O3. The fourth-order valence-electron chi connectivity index (χ4n) is 2.05. The van der Waals surface area contributed by atoms with E-state index in [4.69, 9.17) is 9.15 Å². The van der Waals surface area contributed by atoms with Crippen LogP contribution in [0.15, 0.2) is 34.3 Å². The Kier molecular flexibility index (Phi) is 7.00. The fraction of sp³-hybridized carbons (Fsp3) is 0.500. The van der Waals surface area contributed by atoms with E-state index >= 15 is 0 Å². The van der Waals surface area contributed by atoms with Crippen molar-refractivity contribution in [3.8, 4) is 0 Å². The van der Waals surface area contributed by atoms with Crippen LogP contribution in [0.2, 0.25) is 0 Å². The third kappa shape index (κ3) is 6.03. The molecule has 3 nitrogen and oxygen atoms in total. The maximum Gasteiger partial charge on any atom is 0.374 e. The first-order chi connectivity index (χ1) is 9.93. The van der Waals surface area contributed by atoms with Crippen LogP contribution >= 0.6 is 0 Å². The molecule has 21 heavy (non-hydrogen) atoms. The van der Waals surface area contributed by atoms with Gasteiger partial charge in [-0.25, -0.2) is 4.79 Å². The summed E-state index contributed by atoms with van der Waals surface area (Å²) in [7, 11) is 0. The lowest BCUT2D eigenvalue weighted by molar-refractivity contribution is 0.0488. The second kappa shape index (κ2) is 8.50. The van der Waals surface area contributed by atoms with Gasteiger partial charge in [0.05, 0.1) is 6.61 Å². The Hall–Kier alpha value is -1.77. The second-order valence-electron chi connectivity index (χ2n) is 5.48. The van der Waals surface area contributed by atoms with Gasteiger partial charge in [-0.1, -0.05) is 17.2 Å². The van der Waals surface area contributed by atoms with Gasteiger partial charge in [0.25, 0.3) is 0 Å². The fourth-order valence-corrected chi connectivity index (χ4v) is 2.05. The van der Waals surface area contributed by atoms with Crippen molar-refractivity contribution in [2.45, 2.75) is 53.4 Å². The molecule has 1 aromatic heterocycles. The van der Waals surface area contributed by atoms with E-state index < -0.39 is 0 Å². The summed E-state index contributed by atoms with van der Waals surface area (Å²) in [6.45, 7) is 12.2. The van der Waals surface area contributed by atoms with E-state index in [1.54, 1.807) is 13.0 Å². The van der Waals surface area contributed by atoms with Crippen molar-refractivity contribution in [3.63, 3.8) is 0 Å². The normalized spacial score (nSPS) is 11.5. The van der Waals surface area contributed by atoms with Crippen LogP contribution in [-0.2, 0) is 11.2 Å². The minimum Gasteiger partial charge on any atom is -0.460 e. The molecule has 0 bridgehead atoms. The summed E-state index contributed by atoms with van der Waals surface area (Å²) in [5.74, 6) is 0.777. The Morgan fingerprint density at radius 1 is 1.38 bits per heavy atom. The summed E-state index contributed by atoms with van der Waals surface area (Å²) in [6.07, 6.45) is 6.06. The third-order valence-corrected chi connectivity index (χ3v) is 3.31. The van der Waals surface area contributed by atoms with Crippen molar-refractivity contribution < 1.29 is 13.9 Å². The summed E-state index contributed by atoms with van der Waals surface area (Å²) in [5, 5.41) is 0. The van der Waals surface area contributed by atoms with Crippen LogP contribution in [0.1, 0.15) is 61.9 Å². The van der Waals surface area contributed by atoms with Gasteiger partial charge in [0.1, 0.15) is 5.76 Å². The Morgan fingerprint density at radius 3 is 2.71 bits per heavy atom. The molecule has 116 valence electrons. The molecule has 1 rings (SSSR count). The lowest BCUT2D eigenvalue weighted by atomic mass is 10.1. The summed E-state index contributed by atoms with van der Waals surface area (Å²) in [4.78, 5) is 11.6. The molecule has 0 saturated carbocycles. The summed E-state index contributed by atoms with van der Waals surface area (Å²) >= 11 is 0. The monoisotopic (exact) mass is 290 g/mol. The van der Waals surface area contributed by atoms with Crippen molar-refractivity contribution in [2.75, 3.05) is 6.61 Å². The lowest BCUT2D eigenvalue weighted by Crippen LogP contribution is -2.02. The summed E-state index contributed by atoms with van der Waals surface area (Å²) in [6, 6.07) is 1.76. The largest absolute Gasteiger partial charge is 0.460 e. The first-order valence-corrected chi connectivity index (χ1v) is 7.50. The van der Waals surface area contributed by atoms with E-state index in [1.165, 1.54) is 11.1 Å². The number of hydrogen-bond donors (Lipinski definition) is 0. The average molecular weight is 290 g/mol. The molecule has 3 heteroatoms. The number of ether oxygens (including phenoxy) is 1. The zero-order valence-corrected chi connectivity index (χ0v) is 13.6. The number of furan rings is 1. The van der Waals surface area contributed by atoms with Gasteiger partial charge in [-0.2, -0.15) is 0 Å². The number of carbonyl (C=O) groups excluding carboxylic acids is 1. The number of allylic oxidation sites excluding steroid dienone is 3. The molecular weight excluding hydrogens is 264 g/mol. The first kappa shape index (κ1) is 17.3. The Bertz CT molecular complexity index is 521. The molecule has 0 N–H and O–H groups in total. The molecule has 0 atom stereocenters. The van der Waals surface area contributed by atoms with Crippen molar-refractivity contribution >= 4 is 5.97 Å².